The molecule has 0 bridgehead atoms. The number of hydrogen-bond donors (Lipinski definition) is 3. The number of carboxylic acid groups (broad SMARTS) is 1. The Kier molecular flexibility index (Phi) is 3.63. The first-order chi connectivity index (χ1) is 11.3. The van der Waals surface area contributed by atoms with E-state index in [1.54, 1.807) is 13.8 Å². The third kappa shape index (κ3) is 2.35. The van der Waals surface area contributed by atoms with Crippen molar-refractivity contribution in [1.82, 2.24) is 19.5 Å². The fourth-order valence-electron chi connectivity index (χ4n) is 3.01. The molecule has 10 heteroatoms. The fourth-order valence-corrected chi connectivity index (χ4v) is 3.01. The van der Waals surface area contributed by atoms with Crippen molar-refractivity contribution in [3.8, 4) is 0 Å². The summed E-state index contributed by atoms with van der Waals surface area (Å²) in [6.07, 6.45) is 0.695. The molecule has 0 amide bonds. The zero-order chi connectivity index (χ0) is 17.6. The predicted octanol–water partition coefficient (Wildman–Crippen LogP) is -0.0848. The van der Waals surface area contributed by atoms with E-state index in [-0.39, 0.29) is 23.5 Å². The molecule has 0 unspecified atom stereocenters. The first-order valence-electron chi connectivity index (χ1n) is 7.32. The quantitative estimate of drug-likeness (QED) is 0.655. The molecule has 0 radical (unpaired) electrons. The molecule has 0 saturated carbocycles. The zero-order valence-electron chi connectivity index (χ0n) is 13.1. The lowest BCUT2D eigenvalue weighted by Crippen LogP contribution is -2.38. The number of fused-ring (bicyclic) bond motifs is 1. The lowest BCUT2D eigenvalue weighted by Gasteiger charge is -2.27. The molecular weight excluding hydrogens is 318 g/mol. The van der Waals surface area contributed by atoms with Crippen LogP contribution in [0.5, 0.6) is 0 Å². The van der Waals surface area contributed by atoms with Gasteiger partial charge in [-0.05, 0) is 20.3 Å². The lowest BCUT2D eigenvalue weighted by atomic mass is 9.75. The molecule has 2 aromatic rings. The molecule has 3 atom stereocenters. The average Bonchev–Trinajstić information content (AvgIpc) is 3.10. The Bertz CT molecular complexity index is 870. The van der Waals surface area contributed by atoms with Crippen molar-refractivity contribution in [2.75, 3.05) is 5.73 Å². The van der Waals surface area contributed by atoms with Gasteiger partial charge in [0, 0.05) is 5.92 Å². The second-order valence-corrected chi connectivity index (χ2v) is 6.34. The Hall–Kier alpha value is -2.75. The van der Waals surface area contributed by atoms with E-state index >= 15 is 0 Å². The minimum atomic E-state index is -1.15. The van der Waals surface area contributed by atoms with Crippen molar-refractivity contribution in [3.05, 3.63) is 16.7 Å². The standard InChI is InChI=1S/C14H17N5O5/c1-14(2,12(22)23)6-3-8(24-7(6)4-20)19-5-16-9-10(19)17-13(15)18-11(9)21/h4-8H,3H2,1-2H3,(H,22,23)(H3,15,17,18,21)/t6-,7-,8-/m1/s1. The lowest BCUT2D eigenvalue weighted by molar-refractivity contribution is -0.152. The molecule has 0 spiro atoms. The van der Waals surface area contributed by atoms with E-state index in [1.807, 2.05) is 0 Å². The van der Waals surface area contributed by atoms with Crippen molar-refractivity contribution in [1.29, 1.82) is 0 Å². The van der Waals surface area contributed by atoms with Crippen LogP contribution in [0.3, 0.4) is 0 Å². The molecule has 1 fully saturated rings. The highest BCUT2D eigenvalue weighted by Gasteiger charge is 2.48. The molecule has 1 saturated heterocycles. The molecule has 1 aliphatic heterocycles. The van der Waals surface area contributed by atoms with E-state index in [0.29, 0.717) is 6.29 Å². The minimum absolute atomic E-state index is 0.0680. The summed E-state index contributed by atoms with van der Waals surface area (Å²) in [4.78, 5) is 45.1. The monoisotopic (exact) mass is 335 g/mol. The summed E-state index contributed by atoms with van der Waals surface area (Å²) < 4.78 is 7.19. The van der Waals surface area contributed by atoms with Crippen LogP contribution < -0.4 is 11.3 Å². The molecule has 0 aromatic carbocycles. The van der Waals surface area contributed by atoms with Crippen LogP contribution in [0.4, 0.5) is 5.95 Å². The number of anilines is 1. The number of carbonyl (C=O) groups is 2. The Labute approximate surface area is 135 Å². The van der Waals surface area contributed by atoms with Crippen LogP contribution in [0.15, 0.2) is 11.1 Å². The molecule has 3 rings (SSSR count). The van der Waals surface area contributed by atoms with Crippen LogP contribution >= 0.6 is 0 Å². The van der Waals surface area contributed by atoms with Crippen LogP contribution in [0, 0.1) is 11.3 Å². The molecular formula is C14H17N5O5. The van der Waals surface area contributed by atoms with E-state index in [2.05, 4.69) is 15.0 Å². The van der Waals surface area contributed by atoms with Gasteiger partial charge in [0.1, 0.15) is 18.6 Å². The minimum Gasteiger partial charge on any atom is -0.481 e. The number of nitrogen functional groups attached to an aromatic ring is 1. The molecule has 128 valence electrons. The molecule has 0 aliphatic carbocycles. The smallest absolute Gasteiger partial charge is 0.309 e. The number of nitrogens with two attached hydrogens (primary N) is 1. The highest BCUT2D eigenvalue weighted by atomic mass is 16.5. The molecule has 24 heavy (non-hydrogen) atoms. The predicted molar refractivity (Wildman–Crippen MR) is 82.1 cm³/mol. The second-order valence-electron chi connectivity index (χ2n) is 6.34. The zero-order valence-corrected chi connectivity index (χ0v) is 13.1. The van der Waals surface area contributed by atoms with Crippen LogP contribution in [-0.4, -0.2) is 43.0 Å². The number of ether oxygens (including phenoxy) is 1. The Morgan fingerprint density at radius 1 is 1.58 bits per heavy atom. The van der Waals surface area contributed by atoms with Gasteiger partial charge in [0.25, 0.3) is 5.56 Å². The molecule has 1 aliphatic rings. The SMILES string of the molecule is CC(C)(C(=O)O)[C@@H]1C[C@H](n2cnc3c(=O)[nH]c(N)nc32)O[C@@H]1C=O. The molecule has 10 nitrogen and oxygen atoms in total. The summed E-state index contributed by atoms with van der Waals surface area (Å²) in [5.74, 6) is -1.62. The molecule has 3 heterocycles. The number of carboxylic acids is 1. The normalized spacial score (nSPS) is 24.3. The van der Waals surface area contributed by atoms with Gasteiger partial charge in [0.2, 0.25) is 5.95 Å². The number of imidazole rings is 1. The van der Waals surface area contributed by atoms with Gasteiger partial charge in [-0.3, -0.25) is 19.1 Å². The van der Waals surface area contributed by atoms with Crippen molar-refractivity contribution in [3.63, 3.8) is 0 Å². The van der Waals surface area contributed by atoms with Gasteiger partial charge in [0.05, 0.1) is 11.7 Å². The number of aldehydes is 1. The Morgan fingerprint density at radius 3 is 2.92 bits per heavy atom. The van der Waals surface area contributed by atoms with Gasteiger partial charge < -0.3 is 20.4 Å². The summed E-state index contributed by atoms with van der Waals surface area (Å²) in [6, 6.07) is 0. The van der Waals surface area contributed by atoms with E-state index < -0.39 is 35.2 Å². The Balaban J connectivity index is 2.02. The molecule has 4 N–H and O–H groups in total. The number of aromatic nitrogens is 4. The number of rotatable bonds is 4. The van der Waals surface area contributed by atoms with Crippen molar-refractivity contribution in [2.24, 2.45) is 11.3 Å². The number of aromatic amines is 1. The first-order valence-corrected chi connectivity index (χ1v) is 7.32. The van der Waals surface area contributed by atoms with Crippen LogP contribution in [0.2, 0.25) is 0 Å². The summed E-state index contributed by atoms with van der Waals surface area (Å²) in [5.41, 5.74) is 4.24. The third-order valence-electron chi connectivity index (χ3n) is 4.54. The van der Waals surface area contributed by atoms with Gasteiger partial charge in [-0.25, -0.2) is 4.98 Å². The Morgan fingerprint density at radius 2 is 2.29 bits per heavy atom. The van der Waals surface area contributed by atoms with E-state index in [1.165, 1.54) is 10.9 Å². The maximum Gasteiger partial charge on any atom is 0.309 e. The number of carbonyl (C=O) groups excluding carboxylic acids is 1. The van der Waals surface area contributed by atoms with E-state index in [0.717, 1.165) is 0 Å². The first kappa shape index (κ1) is 16.1. The van der Waals surface area contributed by atoms with Crippen LogP contribution in [0.1, 0.15) is 26.5 Å². The number of hydrogen-bond acceptors (Lipinski definition) is 7. The maximum atomic E-state index is 11.8. The van der Waals surface area contributed by atoms with Crippen LogP contribution in [0.25, 0.3) is 11.2 Å². The summed E-state index contributed by atoms with van der Waals surface area (Å²) in [7, 11) is 0. The fraction of sp³-hybridized carbons (Fsp3) is 0.500. The van der Waals surface area contributed by atoms with Crippen molar-refractivity contribution in [2.45, 2.75) is 32.6 Å². The van der Waals surface area contributed by atoms with Crippen LogP contribution in [-0.2, 0) is 14.3 Å². The average molecular weight is 335 g/mol. The summed E-state index contributed by atoms with van der Waals surface area (Å²) in [5, 5.41) is 9.41. The largest absolute Gasteiger partial charge is 0.481 e. The second kappa shape index (κ2) is 5.41. The van der Waals surface area contributed by atoms with Gasteiger partial charge >= 0.3 is 5.97 Å². The summed E-state index contributed by atoms with van der Waals surface area (Å²) in [6.45, 7) is 3.10. The maximum absolute atomic E-state index is 11.8. The number of nitrogens with one attached hydrogen (secondary N) is 1. The number of H-pyrrole nitrogens is 1. The van der Waals surface area contributed by atoms with E-state index in [4.69, 9.17) is 10.5 Å². The highest BCUT2D eigenvalue weighted by molar-refractivity contribution is 5.75. The van der Waals surface area contributed by atoms with Gasteiger partial charge in [-0.15, -0.1) is 0 Å². The van der Waals surface area contributed by atoms with Gasteiger partial charge in [-0.1, -0.05) is 0 Å². The topological polar surface area (TPSA) is 153 Å². The van der Waals surface area contributed by atoms with Crippen molar-refractivity contribution >= 4 is 29.4 Å². The summed E-state index contributed by atoms with van der Waals surface area (Å²) >= 11 is 0. The van der Waals surface area contributed by atoms with E-state index in [9.17, 15) is 19.5 Å². The highest BCUT2D eigenvalue weighted by Crippen LogP contribution is 2.43. The number of aliphatic carboxylic acids is 1. The number of nitrogens with zero attached hydrogens (tertiary/aromatic N) is 3. The third-order valence-corrected chi connectivity index (χ3v) is 4.54. The van der Waals surface area contributed by atoms with Gasteiger partial charge in [0.15, 0.2) is 11.2 Å². The molecule has 2 aromatic heterocycles. The van der Waals surface area contributed by atoms with Crippen molar-refractivity contribution < 1.29 is 19.4 Å². The van der Waals surface area contributed by atoms with Gasteiger partial charge in [-0.2, -0.15) is 4.98 Å².